The van der Waals surface area contributed by atoms with E-state index < -0.39 is 0 Å². The average molecular weight is 210 g/mol. The molecule has 1 aromatic rings. The van der Waals surface area contributed by atoms with Crippen molar-refractivity contribution in [2.24, 2.45) is 0 Å². The number of para-hydroxylation sites is 1. The zero-order chi connectivity index (χ0) is 9.80. The summed E-state index contributed by atoms with van der Waals surface area (Å²) >= 11 is 1.67. The van der Waals surface area contributed by atoms with Crippen LogP contribution in [0.2, 0.25) is 0 Å². The molecular formula is C11H14O2S. The van der Waals surface area contributed by atoms with Crippen molar-refractivity contribution in [2.45, 2.75) is 23.8 Å². The quantitative estimate of drug-likeness (QED) is 0.778. The van der Waals surface area contributed by atoms with Gasteiger partial charge in [0, 0.05) is 17.3 Å². The van der Waals surface area contributed by atoms with Crippen LogP contribution in [0.15, 0.2) is 29.2 Å². The predicted octanol–water partition coefficient (Wildman–Crippen LogP) is 2.66. The van der Waals surface area contributed by atoms with Crippen LogP contribution in [0.3, 0.4) is 0 Å². The standard InChI is InChI=1S/C11H14O2S/c12-10-5-1-2-6-11(10)14-8-9-4-3-7-13-9/h1-2,5-6,9,12H,3-4,7-8H2. The van der Waals surface area contributed by atoms with Gasteiger partial charge in [0.25, 0.3) is 0 Å². The summed E-state index contributed by atoms with van der Waals surface area (Å²) in [7, 11) is 0. The van der Waals surface area contributed by atoms with Crippen molar-refractivity contribution in [3.8, 4) is 5.75 Å². The Kier molecular flexibility index (Phi) is 3.32. The van der Waals surface area contributed by atoms with E-state index in [1.54, 1.807) is 17.8 Å². The van der Waals surface area contributed by atoms with E-state index in [2.05, 4.69) is 0 Å². The second-order valence-corrected chi connectivity index (χ2v) is 4.48. The minimum absolute atomic E-state index is 0.371. The van der Waals surface area contributed by atoms with Crippen LogP contribution in [0, 0.1) is 0 Å². The molecule has 0 amide bonds. The highest BCUT2D eigenvalue weighted by atomic mass is 32.2. The molecule has 1 fully saturated rings. The summed E-state index contributed by atoms with van der Waals surface area (Å²) in [6, 6.07) is 7.44. The van der Waals surface area contributed by atoms with Crippen molar-refractivity contribution in [1.82, 2.24) is 0 Å². The van der Waals surface area contributed by atoms with Crippen LogP contribution in [0.4, 0.5) is 0 Å². The lowest BCUT2D eigenvalue weighted by Crippen LogP contribution is -2.07. The fourth-order valence-electron chi connectivity index (χ4n) is 1.54. The van der Waals surface area contributed by atoms with Gasteiger partial charge in [-0.2, -0.15) is 0 Å². The van der Waals surface area contributed by atoms with Crippen molar-refractivity contribution < 1.29 is 9.84 Å². The molecule has 2 nitrogen and oxygen atoms in total. The highest BCUT2D eigenvalue weighted by molar-refractivity contribution is 7.99. The molecule has 76 valence electrons. The zero-order valence-corrected chi connectivity index (χ0v) is 8.80. The third kappa shape index (κ3) is 2.42. The van der Waals surface area contributed by atoms with E-state index in [0.717, 1.165) is 23.7 Å². The van der Waals surface area contributed by atoms with Gasteiger partial charge in [0.15, 0.2) is 0 Å². The van der Waals surface area contributed by atoms with Gasteiger partial charge >= 0.3 is 0 Å². The predicted molar refractivity (Wildman–Crippen MR) is 57.8 cm³/mol. The normalized spacial score (nSPS) is 21.3. The van der Waals surface area contributed by atoms with Crippen molar-refractivity contribution in [2.75, 3.05) is 12.4 Å². The smallest absolute Gasteiger partial charge is 0.129 e. The third-order valence-electron chi connectivity index (χ3n) is 2.31. The highest BCUT2D eigenvalue weighted by Crippen LogP contribution is 2.30. The molecule has 0 aliphatic carbocycles. The zero-order valence-electron chi connectivity index (χ0n) is 7.98. The molecule has 1 saturated heterocycles. The minimum atomic E-state index is 0.371. The van der Waals surface area contributed by atoms with Crippen molar-refractivity contribution in [3.63, 3.8) is 0 Å². The summed E-state index contributed by atoms with van der Waals surface area (Å²) in [5.41, 5.74) is 0. The molecule has 1 unspecified atom stereocenters. The first-order valence-corrected chi connectivity index (χ1v) is 5.87. The third-order valence-corrected chi connectivity index (χ3v) is 3.51. The van der Waals surface area contributed by atoms with E-state index in [1.165, 1.54) is 6.42 Å². The number of benzene rings is 1. The molecule has 14 heavy (non-hydrogen) atoms. The Morgan fingerprint density at radius 2 is 2.29 bits per heavy atom. The fourth-order valence-corrected chi connectivity index (χ4v) is 2.56. The number of hydrogen-bond donors (Lipinski definition) is 1. The minimum Gasteiger partial charge on any atom is -0.507 e. The number of phenols is 1. The maximum atomic E-state index is 9.52. The lowest BCUT2D eigenvalue weighted by molar-refractivity contribution is 0.129. The van der Waals surface area contributed by atoms with E-state index in [0.29, 0.717) is 11.9 Å². The highest BCUT2D eigenvalue weighted by Gasteiger charge is 2.15. The van der Waals surface area contributed by atoms with E-state index >= 15 is 0 Å². The van der Waals surface area contributed by atoms with Crippen LogP contribution in [0.25, 0.3) is 0 Å². The van der Waals surface area contributed by atoms with Gasteiger partial charge in [-0.1, -0.05) is 12.1 Å². The molecule has 1 heterocycles. The van der Waals surface area contributed by atoms with E-state index in [9.17, 15) is 5.11 Å². The largest absolute Gasteiger partial charge is 0.507 e. The lowest BCUT2D eigenvalue weighted by atomic mass is 10.3. The number of thioether (sulfide) groups is 1. The van der Waals surface area contributed by atoms with Gasteiger partial charge in [-0.05, 0) is 25.0 Å². The summed E-state index contributed by atoms with van der Waals surface area (Å²) in [5, 5.41) is 9.52. The molecule has 1 aliphatic heterocycles. The van der Waals surface area contributed by atoms with Gasteiger partial charge in [-0.25, -0.2) is 0 Å². The molecular weight excluding hydrogens is 196 g/mol. The van der Waals surface area contributed by atoms with Crippen LogP contribution in [0.1, 0.15) is 12.8 Å². The molecule has 0 spiro atoms. The van der Waals surface area contributed by atoms with Gasteiger partial charge in [-0.15, -0.1) is 11.8 Å². The molecule has 1 aromatic carbocycles. The van der Waals surface area contributed by atoms with Crippen molar-refractivity contribution in [3.05, 3.63) is 24.3 Å². The number of rotatable bonds is 3. The number of ether oxygens (including phenoxy) is 1. The maximum Gasteiger partial charge on any atom is 0.129 e. The number of phenolic OH excluding ortho intramolecular Hbond substituents is 1. The SMILES string of the molecule is Oc1ccccc1SCC1CCCO1. The summed E-state index contributed by atoms with van der Waals surface area (Å²) in [6.45, 7) is 0.895. The van der Waals surface area contributed by atoms with Gasteiger partial charge in [-0.3, -0.25) is 0 Å². The van der Waals surface area contributed by atoms with Gasteiger partial charge in [0.1, 0.15) is 5.75 Å². The summed E-state index contributed by atoms with van der Waals surface area (Å²) < 4.78 is 5.51. The first-order valence-electron chi connectivity index (χ1n) is 4.88. The molecule has 0 radical (unpaired) electrons. The first-order chi connectivity index (χ1) is 6.86. The Balaban J connectivity index is 1.88. The topological polar surface area (TPSA) is 29.5 Å². The molecule has 1 N–H and O–H groups in total. The molecule has 1 aliphatic rings. The van der Waals surface area contributed by atoms with E-state index in [4.69, 9.17) is 4.74 Å². The number of aromatic hydroxyl groups is 1. The fraction of sp³-hybridized carbons (Fsp3) is 0.455. The molecule has 2 rings (SSSR count). The van der Waals surface area contributed by atoms with Gasteiger partial charge in [0.2, 0.25) is 0 Å². The van der Waals surface area contributed by atoms with Crippen molar-refractivity contribution in [1.29, 1.82) is 0 Å². The summed E-state index contributed by atoms with van der Waals surface area (Å²) in [5.74, 6) is 1.31. The van der Waals surface area contributed by atoms with Gasteiger partial charge in [0.05, 0.1) is 6.10 Å². The Labute approximate surface area is 88.3 Å². The Bertz CT molecular complexity index is 295. The summed E-state index contributed by atoms with van der Waals surface area (Å²) in [6.07, 6.45) is 2.70. The molecule has 3 heteroatoms. The van der Waals surface area contributed by atoms with Crippen LogP contribution in [-0.4, -0.2) is 23.6 Å². The molecule has 0 saturated carbocycles. The van der Waals surface area contributed by atoms with Crippen LogP contribution in [0.5, 0.6) is 5.75 Å². The Morgan fingerprint density at radius 1 is 1.43 bits per heavy atom. The molecule has 0 aromatic heterocycles. The molecule has 0 bridgehead atoms. The second kappa shape index (κ2) is 4.71. The van der Waals surface area contributed by atoms with Crippen LogP contribution in [-0.2, 0) is 4.74 Å². The van der Waals surface area contributed by atoms with E-state index in [1.807, 2.05) is 18.2 Å². The van der Waals surface area contributed by atoms with Gasteiger partial charge < -0.3 is 9.84 Å². The Morgan fingerprint density at radius 3 is 3.00 bits per heavy atom. The molecule has 1 atom stereocenters. The first kappa shape index (κ1) is 9.87. The van der Waals surface area contributed by atoms with Crippen LogP contribution >= 0.6 is 11.8 Å². The summed E-state index contributed by atoms with van der Waals surface area (Å²) in [4.78, 5) is 0.947. The Hall–Kier alpha value is -0.670. The number of hydrogen-bond acceptors (Lipinski definition) is 3. The van der Waals surface area contributed by atoms with E-state index in [-0.39, 0.29) is 0 Å². The van der Waals surface area contributed by atoms with Crippen LogP contribution < -0.4 is 0 Å². The second-order valence-electron chi connectivity index (χ2n) is 3.41. The lowest BCUT2D eigenvalue weighted by Gasteiger charge is -2.09. The monoisotopic (exact) mass is 210 g/mol. The maximum absolute atomic E-state index is 9.52. The van der Waals surface area contributed by atoms with Crippen molar-refractivity contribution >= 4 is 11.8 Å². The average Bonchev–Trinajstić information content (AvgIpc) is 2.69.